The van der Waals surface area contributed by atoms with Crippen LogP contribution in [0.3, 0.4) is 0 Å². The summed E-state index contributed by atoms with van der Waals surface area (Å²) in [6, 6.07) is 7.88. The van der Waals surface area contributed by atoms with E-state index in [2.05, 4.69) is 12.2 Å². The largest absolute Gasteiger partial charge is 0.349 e. The van der Waals surface area contributed by atoms with Gasteiger partial charge in [0.1, 0.15) is 0 Å². The van der Waals surface area contributed by atoms with Crippen LogP contribution in [-0.2, 0) is 4.79 Å². The van der Waals surface area contributed by atoms with Gasteiger partial charge in [0, 0.05) is 17.0 Å². The van der Waals surface area contributed by atoms with E-state index in [0.29, 0.717) is 5.02 Å². The van der Waals surface area contributed by atoms with E-state index >= 15 is 0 Å². The van der Waals surface area contributed by atoms with Crippen molar-refractivity contribution < 1.29 is 4.79 Å². The van der Waals surface area contributed by atoms with Gasteiger partial charge in [-0.15, -0.1) is 12.4 Å². The molecule has 1 aromatic rings. The van der Waals surface area contributed by atoms with E-state index in [-0.39, 0.29) is 36.3 Å². The lowest BCUT2D eigenvalue weighted by atomic mass is 10.0. The molecule has 3 N–H and O–H groups in total. The van der Waals surface area contributed by atoms with E-state index in [1.807, 2.05) is 24.3 Å². The smallest absolute Gasteiger partial charge is 0.223 e. The molecule has 3 nitrogen and oxygen atoms in total. The quantitative estimate of drug-likeness (QED) is 0.893. The molecule has 0 spiro atoms. The highest BCUT2D eigenvalue weighted by atomic mass is 35.5. The molecule has 0 bridgehead atoms. The van der Waals surface area contributed by atoms with E-state index < -0.39 is 0 Å². The zero-order chi connectivity index (χ0) is 13.8. The minimum Gasteiger partial charge on any atom is -0.349 e. The zero-order valence-electron chi connectivity index (χ0n) is 11.6. The molecule has 0 radical (unpaired) electrons. The van der Waals surface area contributed by atoms with Crippen LogP contribution in [0.4, 0.5) is 0 Å². The Morgan fingerprint density at radius 3 is 2.80 bits per heavy atom. The van der Waals surface area contributed by atoms with Crippen LogP contribution in [-0.4, -0.2) is 11.9 Å². The lowest BCUT2D eigenvalue weighted by molar-refractivity contribution is -0.125. The first-order valence-corrected chi connectivity index (χ1v) is 7.29. The van der Waals surface area contributed by atoms with Crippen molar-refractivity contribution in [1.82, 2.24) is 5.32 Å². The molecule has 1 aliphatic carbocycles. The Balaban J connectivity index is 0.00000200. The maximum Gasteiger partial charge on any atom is 0.223 e. The van der Waals surface area contributed by atoms with Crippen LogP contribution in [0.25, 0.3) is 0 Å². The van der Waals surface area contributed by atoms with Crippen LogP contribution in [0.15, 0.2) is 24.3 Å². The van der Waals surface area contributed by atoms with Crippen LogP contribution >= 0.6 is 24.0 Å². The number of hydrogen-bond acceptors (Lipinski definition) is 2. The number of nitrogens with one attached hydrogen (secondary N) is 1. The van der Waals surface area contributed by atoms with Crippen molar-refractivity contribution in [2.24, 2.45) is 11.7 Å². The Hall–Kier alpha value is -0.770. The number of amides is 1. The fraction of sp³-hybridized carbons (Fsp3) is 0.533. The van der Waals surface area contributed by atoms with Crippen molar-refractivity contribution >= 4 is 29.9 Å². The first-order chi connectivity index (χ1) is 9.10. The van der Waals surface area contributed by atoms with Gasteiger partial charge in [0.05, 0.1) is 6.04 Å². The van der Waals surface area contributed by atoms with Gasteiger partial charge in [0.2, 0.25) is 5.91 Å². The summed E-state index contributed by atoms with van der Waals surface area (Å²) in [6.45, 7) is 2.06. The zero-order valence-corrected chi connectivity index (χ0v) is 13.2. The molecule has 1 aliphatic rings. The second-order valence-corrected chi connectivity index (χ2v) is 5.73. The second-order valence-electron chi connectivity index (χ2n) is 5.29. The molecule has 112 valence electrons. The van der Waals surface area contributed by atoms with Gasteiger partial charge in [0.25, 0.3) is 0 Å². The van der Waals surface area contributed by atoms with Crippen LogP contribution in [0.5, 0.6) is 0 Å². The van der Waals surface area contributed by atoms with E-state index in [1.165, 1.54) is 0 Å². The Bertz CT molecular complexity index is 453. The van der Waals surface area contributed by atoms with Crippen molar-refractivity contribution in [2.75, 3.05) is 0 Å². The Morgan fingerprint density at radius 2 is 2.25 bits per heavy atom. The third-order valence-corrected chi connectivity index (χ3v) is 4.05. The molecule has 0 heterocycles. The topological polar surface area (TPSA) is 55.1 Å². The van der Waals surface area contributed by atoms with Crippen molar-refractivity contribution in [3.05, 3.63) is 34.9 Å². The summed E-state index contributed by atoms with van der Waals surface area (Å²) in [5, 5.41) is 3.82. The van der Waals surface area contributed by atoms with Crippen LogP contribution in [0.1, 0.15) is 44.2 Å². The summed E-state index contributed by atoms with van der Waals surface area (Å²) in [5.74, 6) is 0.197. The third-order valence-electron chi connectivity index (χ3n) is 3.82. The molecule has 5 heteroatoms. The van der Waals surface area contributed by atoms with E-state index in [0.717, 1.165) is 31.2 Å². The number of rotatable bonds is 4. The highest BCUT2D eigenvalue weighted by Gasteiger charge is 2.28. The summed E-state index contributed by atoms with van der Waals surface area (Å²) in [5.41, 5.74) is 6.92. The third kappa shape index (κ3) is 4.37. The molecule has 1 fully saturated rings. The predicted molar refractivity (Wildman–Crippen MR) is 85.2 cm³/mol. The molecular formula is C15H22Cl2N2O. The number of nitrogens with two attached hydrogens (primary N) is 1. The summed E-state index contributed by atoms with van der Waals surface area (Å²) in [6.07, 6.45) is 3.51. The van der Waals surface area contributed by atoms with Gasteiger partial charge >= 0.3 is 0 Å². The first-order valence-electron chi connectivity index (χ1n) is 6.91. The first kappa shape index (κ1) is 17.3. The van der Waals surface area contributed by atoms with Gasteiger partial charge in [-0.3, -0.25) is 4.79 Å². The molecule has 1 amide bonds. The number of carbonyl (C=O) groups excluding carboxylic acids is 1. The number of hydrogen-bond donors (Lipinski definition) is 2. The minimum atomic E-state index is 0. The van der Waals surface area contributed by atoms with Crippen molar-refractivity contribution in [3.63, 3.8) is 0 Å². The monoisotopic (exact) mass is 316 g/mol. The SMILES string of the molecule is CCC(NC(=O)C1CCC(N)C1)c1cccc(Cl)c1.Cl. The van der Waals surface area contributed by atoms with Gasteiger partial charge in [-0.05, 0) is 43.4 Å². The number of carbonyl (C=O) groups is 1. The molecule has 0 aromatic heterocycles. The molecule has 20 heavy (non-hydrogen) atoms. The minimum absolute atomic E-state index is 0. The van der Waals surface area contributed by atoms with Gasteiger partial charge in [-0.2, -0.15) is 0 Å². The average Bonchev–Trinajstić information content (AvgIpc) is 2.82. The fourth-order valence-corrected chi connectivity index (χ4v) is 2.89. The Morgan fingerprint density at radius 1 is 1.50 bits per heavy atom. The van der Waals surface area contributed by atoms with Crippen molar-refractivity contribution in [3.8, 4) is 0 Å². The molecule has 1 aromatic carbocycles. The van der Waals surface area contributed by atoms with Gasteiger partial charge in [-0.25, -0.2) is 0 Å². The Labute approximate surface area is 131 Å². The standard InChI is InChI=1S/C15H21ClN2O.ClH/c1-2-14(10-4-3-5-12(16)8-10)18-15(19)11-6-7-13(17)9-11;/h3-5,8,11,13-14H,2,6-7,9,17H2,1H3,(H,18,19);1H. The van der Waals surface area contributed by atoms with Gasteiger partial charge < -0.3 is 11.1 Å². The summed E-state index contributed by atoms with van der Waals surface area (Å²) >= 11 is 6.00. The molecule has 3 unspecified atom stereocenters. The van der Waals surface area contributed by atoms with Crippen molar-refractivity contribution in [2.45, 2.75) is 44.7 Å². The summed E-state index contributed by atoms with van der Waals surface area (Å²) in [4.78, 5) is 12.2. The summed E-state index contributed by atoms with van der Waals surface area (Å²) < 4.78 is 0. The second kappa shape index (κ2) is 7.87. The number of halogens is 2. The maximum atomic E-state index is 12.2. The van der Waals surface area contributed by atoms with E-state index in [4.69, 9.17) is 17.3 Å². The van der Waals surface area contributed by atoms with E-state index in [9.17, 15) is 4.79 Å². The molecule has 2 rings (SSSR count). The molecule has 0 aliphatic heterocycles. The van der Waals surface area contributed by atoms with Crippen LogP contribution in [0.2, 0.25) is 5.02 Å². The lowest BCUT2D eigenvalue weighted by Gasteiger charge is -2.20. The molecule has 0 saturated heterocycles. The highest BCUT2D eigenvalue weighted by molar-refractivity contribution is 6.30. The lowest BCUT2D eigenvalue weighted by Crippen LogP contribution is -2.33. The van der Waals surface area contributed by atoms with Crippen molar-refractivity contribution in [1.29, 1.82) is 0 Å². The average molecular weight is 317 g/mol. The number of benzene rings is 1. The maximum absolute atomic E-state index is 12.2. The highest BCUT2D eigenvalue weighted by Crippen LogP contribution is 2.26. The van der Waals surface area contributed by atoms with E-state index in [1.54, 1.807) is 0 Å². The predicted octanol–water partition coefficient (Wildman–Crippen LogP) is 3.46. The van der Waals surface area contributed by atoms with Gasteiger partial charge in [-0.1, -0.05) is 30.7 Å². The molecule has 1 saturated carbocycles. The molecular weight excluding hydrogens is 295 g/mol. The fourth-order valence-electron chi connectivity index (χ4n) is 2.69. The van der Waals surface area contributed by atoms with Crippen LogP contribution in [0, 0.1) is 5.92 Å². The van der Waals surface area contributed by atoms with Gasteiger partial charge in [0.15, 0.2) is 0 Å². The molecule has 3 atom stereocenters. The summed E-state index contributed by atoms with van der Waals surface area (Å²) in [7, 11) is 0. The van der Waals surface area contributed by atoms with Crippen LogP contribution < -0.4 is 11.1 Å². The Kier molecular flexibility index (Phi) is 6.80. The normalized spacial score (nSPS) is 22.9.